The lowest BCUT2D eigenvalue weighted by Crippen LogP contribution is -2.22. The van der Waals surface area contributed by atoms with E-state index in [1.54, 1.807) is 4.57 Å². The fraction of sp³-hybridized carbons (Fsp3) is 0.222. The first-order valence-corrected chi connectivity index (χ1v) is 7.28. The topological polar surface area (TPSA) is 34.9 Å². The highest BCUT2D eigenvalue weighted by atomic mass is 16.1. The molecule has 0 fully saturated rings. The third-order valence-corrected chi connectivity index (χ3v) is 3.68. The summed E-state index contributed by atoms with van der Waals surface area (Å²) in [4.78, 5) is 17.2. The van der Waals surface area contributed by atoms with Gasteiger partial charge in [0, 0.05) is 0 Å². The molecule has 0 atom stereocenters. The standard InChI is InChI=1S/C18H18N2O/c1-3-6-14-9-11-15(12-10-14)20-13(2)19-17-8-5-4-7-16(17)18(20)21/h4-5,7-12H,3,6H2,1-2H3. The van der Waals surface area contributed by atoms with Crippen molar-refractivity contribution < 1.29 is 0 Å². The van der Waals surface area contributed by atoms with Crippen LogP contribution in [0.3, 0.4) is 0 Å². The maximum Gasteiger partial charge on any atom is 0.265 e. The Bertz CT molecular complexity index is 832. The SMILES string of the molecule is CCCc1ccc(-n2c(C)nc3ccccc3c2=O)cc1. The minimum Gasteiger partial charge on any atom is -0.268 e. The van der Waals surface area contributed by atoms with Gasteiger partial charge in [0.2, 0.25) is 0 Å². The highest BCUT2D eigenvalue weighted by Gasteiger charge is 2.09. The van der Waals surface area contributed by atoms with Gasteiger partial charge >= 0.3 is 0 Å². The molecule has 3 nitrogen and oxygen atoms in total. The van der Waals surface area contributed by atoms with Crippen molar-refractivity contribution in [1.29, 1.82) is 0 Å². The van der Waals surface area contributed by atoms with Crippen molar-refractivity contribution in [3.63, 3.8) is 0 Å². The summed E-state index contributed by atoms with van der Waals surface area (Å²) >= 11 is 0. The van der Waals surface area contributed by atoms with Crippen LogP contribution in [0.5, 0.6) is 0 Å². The normalized spacial score (nSPS) is 11.0. The van der Waals surface area contributed by atoms with Gasteiger partial charge in [0.05, 0.1) is 16.6 Å². The maximum atomic E-state index is 12.7. The largest absolute Gasteiger partial charge is 0.268 e. The summed E-state index contributed by atoms with van der Waals surface area (Å²) in [5.41, 5.74) is 2.90. The molecular formula is C18H18N2O. The Hall–Kier alpha value is -2.42. The highest BCUT2D eigenvalue weighted by molar-refractivity contribution is 5.77. The third-order valence-electron chi connectivity index (χ3n) is 3.68. The van der Waals surface area contributed by atoms with Crippen LogP contribution < -0.4 is 5.56 Å². The van der Waals surface area contributed by atoms with E-state index in [2.05, 4.69) is 24.0 Å². The molecular weight excluding hydrogens is 260 g/mol. The summed E-state index contributed by atoms with van der Waals surface area (Å²) in [6, 6.07) is 15.6. The first-order valence-electron chi connectivity index (χ1n) is 7.28. The molecule has 0 saturated carbocycles. The van der Waals surface area contributed by atoms with Crippen molar-refractivity contribution in [2.45, 2.75) is 26.7 Å². The molecule has 0 radical (unpaired) electrons. The number of fused-ring (bicyclic) bond motifs is 1. The minimum atomic E-state index is -0.0126. The predicted molar refractivity (Wildman–Crippen MR) is 86.1 cm³/mol. The van der Waals surface area contributed by atoms with Crippen molar-refractivity contribution >= 4 is 10.9 Å². The molecule has 0 amide bonds. The molecule has 0 unspecified atom stereocenters. The van der Waals surface area contributed by atoms with Crippen molar-refractivity contribution in [3.05, 3.63) is 70.3 Å². The Balaban J connectivity index is 2.18. The molecule has 0 aliphatic heterocycles. The van der Waals surface area contributed by atoms with Gasteiger partial charge in [0.1, 0.15) is 5.82 Å². The molecule has 0 saturated heterocycles. The van der Waals surface area contributed by atoms with Crippen molar-refractivity contribution in [1.82, 2.24) is 9.55 Å². The predicted octanol–water partition coefficient (Wildman–Crippen LogP) is 3.65. The number of aromatic nitrogens is 2. The molecule has 21 heavy (non-hydrogen) atoms. The second kappa shape index (κ2) is 5.52. The summed E-state index contributed by atoms with van der Waals surface area (Å²) in [7, 11) is 0. The number of rotatable bonds is 3. The fourth-order valence-electron chi connectivity index (χ4n) is 2.65. The third kappa shape index (κ3) is 2.47. The number of hydrogen-bond donors (Lipinski definition) is 0. The Morgan fingerprint density at radius 1 is 1.05 bits per heavy atom. The van der Waals surface area contributed by atoms with E-state index in [4.69, 9.17) is 0 Å². The maximum absolute atomic E-state index is 12.7. The van der Waals surface area contributed by atoms with E-state index in [9.17, 15) is 4.79 Å². The van der Waals surface area contributed by atoms with Crippen LogP contribution in [-0.4, -0.2) is 9.55 Å². The second-order valence-electron chi connectivity index (χ2n) is 5.23. The molecule has 3 heteroatoms. The number of para-hydroxylation sites is 1. The van der Waals surface area contributed by atoms with E-state index in [0.717, 1.165) is 24.0 Å². The Labute approximate surface area is 123 Å². The lowest BCUT2D eigenvalue weighted by atomic mass is 10.1. The van der Waals surface area contributed by atoms with Gasteiger partial charge in [-0.3, -0.25) is 9.36 Å². The van der Waals surface area contributed by atoms with Gasteiger partial charge in [-0.25, -0.2) is 4.98 Å². The zero-order valence-corrected chi connectivity index (χ0v) is 12.3. The highest BCUT2D eigenvalue weighted by Crippen LogP contribution is 2.14. The summed E-state index contributed by atoms with van der Waals surface area (Å²) in [6.45, 7) is 4.03. The van der Waals surface area contributed by atoms with E-state index in [0.29, 0.717) is 11.2 Å². The lowest BCUT2D eigenvalue weighted by molar-refractivity contribution is 0.887. The average molecular weight is 278 g/mol. The van der Waals surface area contributed by atoms with Gasteiger partial charge < -0.3 is 0 Å². The number of benzene rings is 2. The zero-order valence-electron chi connectivity index (χ0n) is 12.3. The molecule has 0 aliphatic carbocycles. The summed E-state index contributed by atoms with van der Waals surface area (Å²) in [5, 5.41) is 0.653. The fourth-order valence-corrected chi connectivity index (χ4v) is 2.65. The Morgan fingerprint density at radius 2 is 1.76 bits per heavy atom. The van der Waals surface area contributed by atoms with Crippen molar-refractivity contribution in [2.75, 3.05) is 0 Å². The van der Waals surface area contributed by atoms with Crippen LogP contribution in [0.15, 0.2) is 53.3 Å². The number of nitrogens with zero attached hydrogens (tertiary/aromatic N) is 2. The first kappa shape index (κ1) is 13.6. The van der Waals surface area contributed by atoms with Crippen LogP contribution in [0.4, 0.5) is 0 Å². The molecule has 1 aromatic heterocycles. The molecule has 0 N–H and O–H groups in total. The van der Waals surface area contributed by atoms with Gasteiger partial charge in [0.15, 0.2) is 0 Å². The van der Waals surface area contributed by atoms with E-state index in [1.165, 1.54) is 5.56 Å². The van der Waals surface area contributed by atoms with Crippen LogP contribution >= 0.6 is 0 Å². The van der Waals surface area contributed by atoms with Gasteiger partial charge in [0.25, 0.3) is 5.56 Å². The minimum absolute atomic E-state index is 0.0126. The zero-order chi connectivity index (χ0) is 14.8. The molecule has 2 aromatic carbocycles. The van der Waals surface area contributed by atoms with Crippen molar-refractivity contribution in [2.24, 2.45) is 0 Å². The molecule has 3 aromatic rings. The summed E-state index contributed by atoms with van der Waals surface area (Å²) in [5.74, 6) is 0.710. The van der Waals surface area contributed by atoms with Crippen LogP contribution in [0.1, 0.15) is 24.7 Å². The number of aryl methyl sites for hydroxylation is 2. The van der Waals surface area contributed by atoms with Gasteiger partial charge in [-0.2, -0.15) is 0 Å². The summed E-state index contributed by atoms with van der Waals surface area (Å²) in [6.07, 6.45) is 2.18. The Morgan fingerprint density at radius 3 is 2.48 bits per heavy atom. The monoisotopic (exact) mass is 278 g/mol. The smallest absolute Gasteiger partial charge is 0.265 e. The quantitative estimate of drug-likeness (QED) is 0.733. The van der Waals surface area contributed by atoms with Gasteiger partial charge in [-0.05, 0) is 43.2 Å². The van der Waals surface area contributed by atoms with Gasteiger partial charge in [-0.1, -0.05) is 37.6 Å². The van der Waals surface area contributed by atoms with Crippen LogP contribution in [0.25, 0.3) is 16.6 Å². The molecule has 0 aliphatic rings. The first-order chi connectivity index (χ1) is 10.2. The van der Waals surface area contributed by atoms with E-state index >= 15 is 0 Å². The number of hydrogen-bond acceptors (Lipinski definition) is 2. The molecule has 1 heterocycles. The van der Waals surface area contributed by atoms with Crippen LogP contribution in [0, 0.1) is 6.92 Å². The van der Waals surface area contributed by atoms with Crippen molar-refractivity contribution in [3.8, 4) is 5.69 Å². The average Bonchev–Trinajstić information content (AvgIpc) is 2.49. The van der Waals surface area contributed by atoms with Gasteiger partial charge in [-0.15, -0.1) is 0 Å². The lowest BCUT2D eigenvalue weighted by Gasteiger charge is -2.11. The second-order valence-corrected chi connectivity index (χ2v) is 5.23. The van der Waals surface area contributed by atoms with E-state index < -0.39 is 0 Å². The summed E-state index contributed by atoms with van der Waals surface area (Å²) < 4.78 is 1.68. The van der Waals surface area contributed by atoms with E-state index in [1.807, 2.05) is 43.3 Å². The van der Waals surface area contributed by atoms with Crippen LogP contribution in [-0.2, 0) is 6.42 Å². The molecule has 106 valence electrons. The molecule has 3 rings (SSSR count). The van der Waals surface area contributed by atoms with Crippen LogP contribution in [0.2, 0.25) is 0 Å². The molecule has 0 bridgehead atoms. The molecule has 0 spiro atoms. The van der Waals surface area contributed by atoms with E-state index in [-0.39, 0.29) is 5.56 Å². The Kier molecular flexibility index (Phi) is 3.57.